The highest BCUT2D eigenvalue weighted by atomic mass is 32.3. The molecule has 0 radical (unpaired) electrons. The van der Waals surface area contributed by atoms with Crippen LogP contribution >= 0.6 is 0 Å². The van der Waals surface area contributed by atoms with Gasteiger partial charge in [-0.25, -0.2) is 8.42 Å². The van der Waals surface area contributed by atoms with Crippen molar-refractivity contribution in [2.24, 2.45) is 0 Å². The van der Waals surface area contributed by atoms with Crippen molar-refractivity contribution in [3.05, 3.63) is 20.2 Å². The highest BCUT2D eigenvalue weighted by Crippen LogP contribution is 2.00. The van der Waals surface area contributed by atoms with Gasteiger partial charge in [0.25, 0.3) is 0 Å². The summed E-state index contributed by atoms with van der Waals surface area (Å²) in [6, 6.07) is 0. The van der Waals surface area contributed by atoms with E-state index in [0.29, 0.717) is 0 Å². The van der Waals surface area contributed by atoms with Crippen LogP contribution in [0.2, 0.25) is 0 Å². The van der Waals surface area contributed by atoms with Crippen molar-refractivity contribution < 1.29 is 27.4 Å². The lowest BCUT2D eigenvalue weighted by atomic mass is 11.2. The second-order valence-electron chi connectivity index (χ2n) is 2.20. The Kier molecular flexibility index (Phi) is 7.12. The summed E-state index contributed by atoms with van der Waals surface area (Å²) in [5, 5.41) is 19.9. The van der Waals surface area contributed by atoms with E-state index in [1.54, 1.807) is 0 Å². The highest BCUT2D eigenvalue weighted by Gasteiger charge is 2.44. The van der Waals surface area contributed by atoms with Crippen molar-refractivity contribution in [3.8, 4) is 0 Å². The zero-order valence-electron chi connectivity index (χ0n) is 7.59. The average Bonchev–Trinajstić information content (AvgIpc) is 1.77. The summed E-state index contributed by atoms with van der Waals surface area (Å²) in [7, 11) is -5.73. The molecule has 12 heteroatoms. The van der Waals surface area contributed by atoms with Gasteiger partial charge in [0.1, 0.15) is 33.3 Å². The van der Waals surface area contributed by atoms with Crippen molar-refractivity contribution in [2.75, 3.05) is 12.5 Å². The van der Waals surface area contributed by atoms with E-state index in [1.165, 1.54) is 12.5 Å². The molecule has 0 saturated carbocycles. The quantitative estimate of drug-likeness (QED) is 0.164. The Morgan fingerprint density at radius 2 is 1.40 bits per heavy atom. The first kappa shape index (κ1) is 16.4. The Morgan fingerprint density at radius 1 is 1.20 bits per heavy atom. The minimum Gasteiger partial charge on any atom is -0.726 e. The Bertz CT molecular complexity index is 301. The van der Waals surface area contributed by atoms with Gasteiger partial charge in [-0.05, 0) is 0 Å². The molecule has 0 aromatic carbocycles. The summed E-state index contributed by atoms with van der Waals surface area (Å²) in [6.45, 7) is 0. The van der Waals surface area contributed by atoms with Crippen molar-refractivity contribution >= 4 is 21.3 Å². The zero-order chi connectivity index (χ0) is 12.8. The molecule has 0 unspecified atom stereocenters. The lowest BCUT2D eigenvalue weighted by Gasteiger charge is -1.95. The topological polar surface area (TPSA) is 164 Å². The zero-order valence-corrected chi connectivity index (χ0v) is 9.23. The van der Waals surface area contributed by atoms with Crippen molar-refractivity contribution in [1.82, 2.24) is 0 Å². The van der Waals surface area contributed by atoms with E-state index >= 15 is 0 Å². The maximum absolute atomic E-state index is 9.95. The monoisotopic (exact) mass is 264 g/mol. The molecule has 0 aliphatic rings. The number of hydrogen-bond acceptors (Lipinski definition) is 7. The molecule has 0 spiro atoms. The molecule has 0 aromatic heterocycles. The molecule has 0 saturated heterocycles. The SMILES string of the molecule is C[S+](C)C([N+](=O)[O-])[N+](=O)[O-].O=S(=O)([O-])O. The van der Waals surface area contributed by atoms with Crippen LogP contribution in [-0.2, 0) is 21.3 Å². The van der Waals surface area contributed by atoms with Gasteiger partial charge in [-0.1, -0.05) is 0 Å². The predicted octanol–water partition coefficient (Wildman–Crippen LogP) is -1.29. The summed E-state index contributed by atoms with van der Waals surface area (Å²) in [6.07, 6.45) is 2.94. The lowest BCUT2D eigenvalue weighted by molar-refractivity contribution is -0.711. The molecular formula is C3H8N2O8S2. The predicted molar refractivity (Wildman–Crippen MR) is 49.3 cm³/mol. The second kappa shape index (κ2) is 6.49. The number of nitro groups is 2. The fourth-order valence-electron chi connectivity index (χ4n) is 0.421. The lowest BCUT2D eigenvalue weighted by Crippen LogP contribution is -2.35. The number of nitrogens with zero attached hydrogens (tertiary/aromatic N) is 2. The van der Waals surface area contributed by atoms with Gasteiger partial charge in [0.15, 0.2) is 0 Å². The summed E-state index contributed by atoms with van der Waals surface area (Å²) in [4.78, 5) is 18.2. The van der Waals surface area contributed by atoms with Crippen molar-refractivity contribution in [3.63, 3.8) is 0 Å². The van der Waals surface area contributed by atoms with Crippen LogP contribution in [0.4, 0.5) is 0 Å². The van der Waals surface area contributed by atoms with E-state index < -0.39 is 36.6 Å². The van der Waals surface area contributed by atoms with E-state index in [0.717, 1.165) is 0 Å². The molecule has 0 amide bonds. The van der Waals surface area contributed by atoms with E-state index in [1.807, 2.05) is 0 Å². The fourth-order valence-corrected chi connectivity index (χ4v) is 1.11. The first-order valence-corrected chi connectivity index (χ1v) is 6.45. The molecule has 0 atom stereocenters. The van der Waals surface area contributed by atoms with Crippen LogP contribution in [0.5, 0.6) is 0 Å². The number of rotatable bonds is 3. The van der Waals surface area contributed by atoms with Gasteiger partial charge in [-0.2, -0.15) is 0 Å². The van der Waals surface area contributed by atoms with E-state index in [-0.39, 0.29) is 0 Å². The molecule has 15 heavy (non-hydrogen) atoms. The maximum Gasteiger partial charge on any atom is 0.593 e. The van der Waals surface area contributed by atoms with E-state index in [2.05, 4.69) is 0 Å². The van der Waals surface area contributed by atoms with Crippen molar-refractivity contribution in [1.29, 1.82) is 0 Å². The number of hydrogen-bond donors (Lipinski definition) is 1. The molecule has 0 rings (SSSR count). The van der Waals surface area contributed by atoms with E-state index in [9.17, 15) is 20.2 Å². The average molecular weight is 264 g/mol. The molecule has 10 nitrogen and oxygen atoms in total. The minimum atomic E-state index is -4.92. The standard InChI is InChI=1S/C3H7N2O4S.H2O4S/c1-10(2)3(4(6)7)5(8)9;1-5(2,3)4/h3H,1-2H3;(H2,1,2,3,4)/q+1;/p-1. The Morgan fingerprint density at radius 3 is 1.40 bits per heavy atom. The van der Waals surface area contributed by atoms with Crippen LogP contribution in [0, 0.1) is 20.2 Å². The highest BCUT2D eigenvalue weighted by molar-refractivity contribution is 7.95. The maximum atomic E-state index is 9.95. The molecule has 1 N–H and O–H groups in total. The fraction of sp³-hybridized carbons (Fsp3) is 1.00. The Hall–Kier alpha value is -0.980. The van der Waals surface area contributed by atoms with Gasteiger partial charge in [-0.3, -0.25) is 24.8 Å². The normalized spacial score (nSPS) is 10.8. The largest absolute Gasteiger partial charge is 0.726 e. The van der Waals surface area contributed by atoms with Gasteiger partial charge >= 0.3 is 5.50 Å². The van der Waals surface area contributed by atoms with Gasteiger partial charge in [0.2, 0.25) is 10.4 Å². The third-order valence-corrected chi connectivity index (χ3v) is 1.97. The Balaban J connectivity index is 0. The minimum absolute atomic E-state index is 0.812. The first-order chi connectivity index (χ1) is 6.46. The Labute approximate surface area is 87.5 Å². The van der Waals surface area contributed by atoms with Crippen LogP contribution in [0.25, 0.3) is 0 Å². The van der Waals surface area contributed by atoms with Crippen LogP contribution in [-0.4, -0.2) is 45.4 Å². The third kappa shape index (κ3) is 13.0. The van der Waals surface area contributed by atoms with Crippen LogP contribution < -0.4 is 0 Å². The van der Waals surface area contributed by atoms with Crippen LogP contribution in [0.1, 0.15) is 0 Å². The molecule has 90 valence electrons. The summed E-state index contributed by atoms with van der Waals surface area (Å²) in [5.74, 6) is 0. The van der Waals surface area contributed by atoms with Crippen molar-refractivity contribution in [2.45, 2.75) is 5.50 Å². The van der Waals surface area contributed by atoms with Crippen LogP contribution in [0.15, 0.2) is 0 Å². The van der Waals surface area contributed by atoms with Crippen LogP contribution in [0.3, 0.4) is 0 Å². The first-order valence-electron chi connectivity index (χ1n) is 2.98. The molecule has 0 heterocycles. The van der Waals surface area contributed by atoms with Gasteiger partial charge in [-0.15, -0.1) is 0 Å². The molecule has 0 aromatic rings. The molecular weight excluding hydrogens is 256 g/mol. The summed E-state index contributed by atoms with van der Waals surface area (Å²) in [5.41, 5.74) is -1.64. The molecule has 0 fully saturated rings. The van der Waals surface area contributed by atoms with Gasteiger partial charge in [0, 0.05) is 0 Å². The second-order valence-corrected chi connectivity index (χ2v) is 5.24. The third-order valence-electron chi connectivity index (χ3n) is 0.782. The van der Waals surface area contributed by atoms with Gasteiger partial charge in [0.05, 0.1) is 0 Å². The molecule has 0 aliphatic heterocycles. The summed E-state index contributed by atoms with van der Waals surface area (Å²) >= 11 is 0. The van der Waals surface area contributed by atoms with E-state index in [4.69, 9.17) is 17.5 Å². The van der Waals surface area contributed by atoms with Gasteiger partial charge < -0.3 is 4.55 Å². The smallest absolute Gasteiger partial charge is 0.593 e. The molecule has 0 bridgehead atoms. The molecule has 0 aliphatic carbocycles. The summed E-state index contributed by atoms with van der Waals surface area (Å²) < 4.78 is 32.8.